The predicted molar refractivity (Wildman–Crippen MR) is 112 cm³/mol. The third-order valence-electron chi connectivity index (χ3n) is 4.38. The van der Waals surface area contributed by atoms with E-state index < -0.39 is 22.5 Å². The molecule has 3 rings (SSSR count). The standard InChI is InChI=1S/C21H21ClN2O4S/c1-15-5-9-19(10-6-15)29(26,27)24(20-12-17(22)8-7-16(20)2)14-21(25)23-13-18-4-3-11-28-18/h3-12H,13-14H2,1-2H3,(H,23,25). The van der Waals surface area contributed by atoms with E-state index in [-0.39, 0.29) is 11.4 Å². The zero-order valence-corrected chi connectivity index (χ0v) is 17.6. The molecule has 152 valence electrons. The third-order valence-corrected chi connectivity index (χ3v) is 6.39. The molecule has 2 aromatic carbocycles. The van der Waals surface area contributed by atoms with Gasteiger partial charge in [-0.1, -0.05) is 35.4 Å². The molecule has 3 aromatic rings. The average Bonchev–Trinajstić information content (AvgIpc) is 3.20. The molecular formula is C21H21ClN2O4S. The molecule has 1 N–H and O–H groups in total. The summed E-state index contributed by atoms with van der Waals surface area (Å²) in [5.74, 6) is 0.113. The van der Waals surface area contributed by atoms with E-state index in [1.165, 1.54) is 18.4 Å². The first kappa shape index (κ1) is 21.0. The van der Waals surface area contributed by atoms with Crippen molar-refractivity contribution in [2.75, 3.05) is 10.8 Å². The molecule has 1 heterocycles. The van der Waals surface area contributed by atoms with Crippen LogP contribution in [0.25, 0.3) is 0 Å². The number of carbonyl (C=O) groups excluding carboxylic acids is 1. The van der Waals surface area contributed by atoms with Crippen LogP contribution in [0.1, 0.15) is 16.9 Å². The van der Waals surface area contributed by atoms with Crippen LogP contribution >= 0.6 is 11.6 Å². The van der Waals surface area contributed by atoms with Crippen molar-refractivity contribution < 1.29 is 17.6 Å². The first-order valence-corrected chi connectivity index (χ1v) is 10.7. The maximum atomic E-state index is 13.4. The Morgan fingerprint density at radius 1 is 1.10 bits per heavy atom. The topological polar surface area (TPSA) is 79.6 Å². The van der Waals surface area contributed by atoms with Crippen molar-refractivity contribution in [1.82, 2.24) is 5.32 Å². The molecule has 29 heavy (non-hydrogen) atoms. The van der Waals surface area contributed by atoms with Gasteiger partial charge in [0, 0.05) is 5.02 Å². The summed E-state index contributed by atoms with van der Waals surface area (Å²) in [5, 5.41) is 3.06. The Labute approximate surface area is 175 Å². The van der Waals surface area contributed by atoms with Crippen molar-refractivity contribution in [3.05, 3.63) is 82.8 Å². The van der Waals surface area contributed by atoms with Gasteiger partial charge in [-0.3, -0.25) is 9.10 Å². The minimum atomic E-state index is -3.99. The van der Waals surface area contributed by atoms with Gasteiger partial charge in [-0.25, -0.2) is 8.42 Å². The number of rotatable bonds is 7. The van der Waals surface area contributed by atoms with E-state index in [0.717, 1.165) is 9.87 Å². The lowest BCUT2D eigenvalue weighted by atomic mass is 10.2. The van der Waals surface area contributed by atoms with Gasteiger partial charge in [-0.15, -0.1) is 0 Å². The van der Waals surface area contributed by atoms with E-state index in [4.69, 9.17) is 16.0 Å². The van der Waals surface area contributed by atoms with Crippen LogP contribution in [0.5, 0.6) is 0 Å². The first-order valence-electron chi connectivity index (χ1n) is 8.92. The van der Waals surface area contributed by atoms with Crippen LogP contribution in [0.15, 0.2) is 70.2 Å². The van der Waals surface area contributed by atoms with E-state index in [0.29, 0.717) is 22.0 Å². The van der Waals surface area contributed by atoms with Gasteiger partial charge in [0.25, 0.3) is 10.0 Å². The summed E-state index contributed by atoms with van der Waals surface area (Å²) in [5.41, 5.74) is 1.97. The molecule has 1 aromatic heterocycles. The van der Waals surface area contributed by atoms with E-state index in [1.54, 1.807) is 49.4 Å². The summed E-state index contributed by atoms with van der Waals surface area (Å²) in [6.07, 6.45) is 1.50. The van der Waals surface area contributed by atoms with Crippen LogP contribution in [0.4, 0.5) is 5.69 Å². The van der Waals surface area contributed by atoms with Crippen LogP contribution in [0.3, 0.4) is 0 Å². The van der Waals surface area contributed by atoms with Crippen LogP contribution in [-0.2, 0) is 21.4 Å². The summed E-state index contributed by atoms with van der Waals surface area (Å²) in [4.78, 5) is 12.7. The highest BCUT2D eigenvalue weighted by Crippen LogP contribution is 2.29. The van der Waals surface area contributed by atoms with Crippen molar-refractivity contribution >= 4 is 33.2 Å². The van der Waals surface area contributed by atoms with Crippen LogP contribution in [0, 0.1) is 13.8 Å². The van der Waals surface area contributed by atoms with Crippen LogP contribution in [-0.4, -0.2) is 20.9 Å². The Morgan fingerprint density at radius 3 is 2.48 bits per heavy atom. The molecule has 1 amide bonds. The van der Waals surface area contributed by atoms with Gasteiger partial charge >= 0.3 is 0 Å². The second-order valence-electron chi connectivity index (χ2n) is 6.61. The molecule has 0 bridgehead atoms. The SMILES string of the molecule is Cc1ccc(S(=O)(=O)N(CC(=O)NCc2ccco2)c2cc(Cl)ccc2C)cc1. The number of hydrogen-bond acceptors (Lipinski definition) is 4. The number of anilines is 1. The minimum Gasteiger partial charge on any atom is -0.467 e. The lowest BCUT2D eigenvalue weighted by Crippen LogP contribution is -2.41. The number of nitrogens with zero attached hydrogens (tertiary/aromatic N) is 1. The molecular weight excluding hydrogens is 412 g/mol. The Kier molecular flexibility index (Phi) is 6.30. The van der Waals surface area contributed by atoms with Crippen molar-refractivity contribution in [3.8, 4) is 0 Å². The Hall–Kier alpha value is -2.77. The number of aryl methyl sites for hydroxylation is 2. The number of sulfonamides is 1. The Balaban J connectivity index is 1.94. The Bertz CT molecular complexity index is 1090. The lowest BCUT2D eigenvalue weighted by Gasteiger charge is -2.26. The normalized spacial score (nSPS) is 11.3. The smallest absolute Gasteiger partial charge is 0.264 e. The molecule has 0 aliphatic carbocycles. The fraction of sp³-hybridized carbons (Fsp3) is 0.190. The van der Waals surface area contributed by atoms with Gasteiger partial charge in [0.05, 0.1) is 23.4 Å². The molecule has 8 heteroatoms. The number of hydrogen-bond donors (Lipinski definition) is 1. The van der Waals surface area contributed by atoms with E-state index in [1.807, 2.05) is 6.92 Å². The molecule has 0 unspecified atom stereocenters. The van der Waals surface area contributed by atoms with Gasteiger partial charge in [-0.2, -0.15) is 0 Å². The minimum absolute atomic E-state index is 0.0984. The number of benzene rings is 2. The number of halogens is 1. The summed E-state index contributed by atoms with van der Waals surface area (Å²) >= 11 is 6.11. The van der Waals surface area contributed by atoms with Crippen molar-refractivity contribution in [3.63, 3.8) is 0 Å². The zero-order valence-electron chi connectivity index (χ0n) is 16.1. The number of amides is 1. The average molecular weight is 433 g/mol. The molecule has 0 aliphatic heterocycles. The lowest BCUT2D eigenvalue weighted by molar-refractivity contribution is -0.119. The van der Waals surface area contributed by atoms with Crippen molar-refractivity contribution in [2.45, 2.75) is 25.3 Å². The highest BCUT2D eigenvalue weighted by atomic mass is 35.5. The molecule has 0 atom stereocenters. The number of furan rings is 1. The molecule has 6 nitrogen and oxygen atoms in total. The Morgan fingerprint density at radius 2 is 1.83 bits per heavy atom. The monoisotopic (exact) mass is 432 g/mol. The van der Waals surface area contributed by atoms with Crippen LogP contribution < -0.4 is 9.62 Å². The van der Waals surface area contributed by atoms with Gasteiger partial charge in [0.15, 0.2) is 0 Å². The summed E-state index contributed by atoms with van der Waals surface area (Å²) in [6, 6.07) is 14.9. The summed E-state index contributed by atoms with van der Waals surface area (Å²) < 4.78 is 33.0. The fourth-order valence-electron chi connectivity index (χ4n) is 2.77. The largest absolute Gasteiger partial charge is 0.467 e. The summed E-state index contributed by atoms with van der Waals surface area (Å²) in [7, 11) is -3.99. The predicted octanol–water partition coefficient (Wildman–Crippen LogP) is 4.06. The van der Waals surface area contributed by atoms with E-state index in [9.17, 15) is 13.2 Å². The quantitative estimate of drug-likeness (QED) is 0.610. The maximum Gasteiger partial charge on any atom is 0.264 e. The zero-order chi connectivity index (χ0) is 21.0. The second-order valence-corrected chi connectivity index (χ2v) is 8.91. The molecule has 0 radical (unpaired) electrons. The fourth-order valence-corrected chi connectivity index (χ4v) is 4.42. The molecule has 0 spiro atoms. The van der Waals surface area contributed by atoms with Gasteiger partial charge in [0.1, 0.15) is 12.3 Å². The maximum absolute atomic E-state index is 13.4. The second kappa shape index (κ2) is 8.71. The van der Waals surface area contributed by atoms with Crippen LogP contribution in [0.2, 0.25) is 5.02 Å². The van der Waals surface area contributed by atoms with Gasteiger partial charge < -0.3 is 9.73 Å². The van der Waals surface area contributed by atoms with E-state index >= 15 is 0 Å². The van der Waals surface area contributed by atoms with Crippen molar-refractivity contribution in [1.29, 1.82) is 0 Å². The number of nitrogens with one attached hydrogen (secondary N) is 1. The molecule has 0 saturated carbocycles. The van der Waals surface area contributed by atoms with E-state index in [2.05, 4.69) is 5.32 Å². The highest BCUT2D eigenvalue weighted by molar-refractivity contribution is 7.92. The number of carbonyl (C=O) groups is 1. The third kappa shape index (κ3) is 4.99. The molecule has 0 fully saturated rings. The van der Waals surface area contributed by atoms with Gasteiger partial charge in [0.2, 0.25) is 5.91 Å². The summed E-state index contributed by atoms with van der Waals surface area (Å²) in [6.45, 7) is 3.42. The first-order chi connectivity index (χ1) is 13.8. The molecule has 0 aliphatic rings. The van der Waals surface area contributed by atoms with Crippen molar-refractivity contribution in [2.24, 2.45) is 0 Å². The van der Waals surface area contributed by atoms with Gasteiger partial charge in [-0.05, 0) is 55.8 Å². The highest BCUT2D eigenvalue weighted by Gasteiger charge is 2.28. The molecule has 0 saturated heterocycles.